The molecular formula is C7H9F3N4O2. The van der Waals surface area contributed by atoms with Crippen molar-refractivity contribution in [3.8, 4) is 5.88 Å². The van der Waals surface area contributed by atoms with Gasteiger partial charge in [-0.25, -0.2) is 10.8 Å². The SMILES string of the molecule is NNc1cc(OCCO)nc(C(F)(F)F)n1. The van der Waals surface area contributed by atoms with Gasteiger partial charge in [0.05, 0.1) is 6.61 Å². The van der Waals surface area contributed by atoms with Crippen LogP contribution < -0.4 is 16.0 Å². The first-order chi connectivity index (χ1) is 7.47. The summed E-state index contributed by atoms with van der Waals surface area (Å²) in [5, 5.41) is 8.45. The summed E-state index contributed by atoms with van der Waals surface area (Å²) >= 11 is 0. The summed E-state index contributed by atoms with van der Waals surface area (Å²) in [6.07, 6.45) is -4.69. The number of ether oxygens (including phenoxy) is 1. The normalized spacial score (nSPS) is 11.3. The van der Waals surface area contributed by atoms with Crippen LogP contribution in [0.5, 0.6) is 5.88 Å². The quantitative estimate of drug-likeness (QED) is 0.510. The molecule has 0 saturated heterocycles. The molecule has 0 radical (unpaired) electrons. The Morgan fingerprint density at radius 3 is 2.62 bits per heavy atom. The Bertz CT molecular complexity index is 358. The number of rotatable bonds is 4. The van der Waals surface area contributed by atoms with Gasteiger partial charge in [0, 0.05) is 6.07 Å². The first-order valence-corrected chi connectivity index (χ1v) is 4.14. The van der Waals surface area contributed by atoms with Gasteiger partial charge in [0.25, 0.3) is 0 Å². The molecule has 0 amide bonds. The van der Waals surface area contributed by atoms with Crippen LogP contribution in [0.4, 0.5) is 19.0 Å². The molecule has 1 aromatic heterocycles. The molecule has 1 aromatic rings. The van der Waals surface area contributed by atoms with Crippen molar-refractivity contribution in [2.24, 2.45) is 5.84 Å². The zero-order valence-corrected chi connectivity index (χ0v) is 7.95. The van der Waals surface area contributed by atoms with Gasteiger partial charge in [-0.1, -0.05) is 0 Å². The van der Waals surface area contributed by atoms with Gasteiger partial charge in [-0.3, -0.25) is 0 Å². The van der Waals surface area contributed by atoms with Crippen molar-refractivity contribution in [2.45, 2.75) is 6.18 Å². The Labute approximate surface area is 88.2 Å². The highest BCUT2D eigenvalue weighted by Gasteiger charge is 2.35. The molecule has 0 aliphatic rings. The van der Waals surface area contributed by atoms with E-state index in [-0.39, 0.29) is 24.9 Å². The predicted molar refractivity (Wildman–Crippen MR) is 47.4 cm³/mol. The standard InChI is InChI=1S/C7H9F3N4O2/c8-7(9,10)6-12-4(14-11)3-5(13-6)16-2-1-15/h3,15H,1-2,11H2,(H,12,13,14). The Hall–Kier alpha value is -1.61. The van der Waals surface area contributed by atoms with Crippen LogP contribution in [-0.2, 0) is 6.18 Å². The van der Waals surface area contributed by atoms with Gasteiger partial charge in [-0.15, -0.1) is 0 Å². The first-order valence-electron chi connectivity index (χ1n) is 4.14. The molecular weight excluding hydrogens is 229 g/mol. The number of hydrogen-bond donors (Lipinski definition) is 3. The van der Waals surface area contributed by atoms with Crippen LogP contribution in [0.2, 0.25) is 0 Å². The van der Waals surface area contributed by atoms with E-state index in [4.69, 9.17) is 15.7 Å². The Morgan fingerprint density at radius 1 is 1.44 bits per heavy atom. The number of hydrazine groups is 1. The lowest BCUT2D eigenvalue weighted by atomic mass is 10.5. The third-order valence-electron chi connectivity index (χ3n) is 1.45. The van der Waals surface area contributed by atoms with Crippen LogP contribution in [0, 0.1) is 0 Å². The third-order valence-corrected chi connectivity index (χ3v) is 1.45. The average molecular weight is 238 g/mol. The first kappa shape index (κ1) is 12.5. The average Bonchev–Trinajstić information content (AvgIpc) is 2.24. The van der Waals surface area contributed by atoms with E-state index < -0.39 is 12.0 Å². The maximum absolute atomic E-state index is 12.3. The molecule has 0 saturated carbocycles. The van der Waals surface area contributed by atoms with Crippen LogP contribution >= 0.6 is 0 Å². The molecule has 0 atom stereocenters. The van der Waals surface area contributed by atoms with Crippen LogP contribution in [0.15, 0.2) is 6.07 Å². The molecule has 0 aromatic carbocycles. The minimum atomic E-state index is -4.69. The van der Waals surface area contributed by atoms with Crippen molar-refractivity contribution < 1.29 is 23.0 Å². The molecule has 4 N–H and O–H groups in total. The molecule has 0 spiro atoms. The summed E-state index contributed by atoms with van der Waals surface area (Å²) < 4.78 is 41.7. The molecule has 1 heterocycles. The molecule has 0 aliphatic heterocycles. The lowest BCUT2D eigenvalue weighted by Gasteiger charge is -2.09. The number of aromatic nitrogens is 2. The number of halogens is 3. The highest BCUT2D eigenvalue weighted by Crippen LogP contribution is 2.28. The molecule has 90 valence electrons. The Morgan fingerprint density at radius 2 is 2.12 bits per heavy atom. The maximum Gasteiger partial charge on any atom is 0.451 e. The van der Waals surface area contributed by atoms with Crippen LogP contribution in [0.3, 0.4) is 0 Å². The highest BCUT2D eigenvalue weighted by molar-refractivity contribution is 5.37. The smallest absolute Gasteiger partial charge is 0.451 e. The number of aliphatic hydroxyl groups is 1. The van der Waals surface area contributed by atoms with E-state index >= 15 is 0 Å². The maximum atomic E-state index is 12.3. The number of nitrogens with two attached hydrogens (primary N) is 1. The monoisotopic (exact) mass is 238 g/mol. The van der Waals surface area contributed by atoms with Gasteiger partial charge in [-0.2, -0.15) is 18.2 Å². The number of alkyl halides is 3. The van der Waals surface area contributed by atoms with E-state index in [1.807, 2.05) is 5.43 Å². The summed E-state index contributed by atoms with van der Waals surface area (Å²) in [6.45, 7) is -0.505. The minimum Gasteiger partial charge on any atom is -0.475 e. The highest BCUT2D eigenvalue weighted by atomic mass is 19.4. The summed E-state index contributed by atoms with van der Waals surface area (Å²) in [5.41, 5.74) is 1.96. The Balaban J connectivity index is 3.01. The van der Waals surface area contributed by atoms with Gasteiger partial charge < -0.3 is 15.3 Å². The van der Waals surface area contributed by atoms with Gasteiger partial charge in [-0.05, 0) is 0 Å². The fourth-order valence-electron chi connectivity index (χ4n) is 0.850. The summed E-state index contributed by atoms with van der Waals surface area (Å²) in [5.74, 6) is 3.04. The summed E-state index contributed by atoms with van der Waals surface area (Å²) in [6, 6.07) is 1.09. The third kappa shape index (κ3) is 3.21. The Kier molecular flexibility index (Phi) is 3.85. The van der Waals surface area contributed by atoms with Gasteiger partial charge in [0.2, 0.25) is 11.7 Å². The van der Waals surface area contributed by atoms with Crippen molar-refractivity contribution in [1.29, 1.82) is 0 Å². The van der Waals surface area contributed by atoms with E-state index in [1.165, 1.54) is 0 Å². The molecule has 0 bridgehead atoms. The van der Waals surface area contributed by atoms with Crippen molar-refractivity contribution in [3.05, 3.63) is 11.9 Å². The molecule has 0 aliphatic carbocycles. The minimum absolute atomic E-state index is 0.168. The molecule has 0 unspecified atom stereocenters. The molecule has 6 nitrogen and oxygen atoms in total. The lowest BCUT2D eigenvalue weighted by Crippen LogP contribution is -2.17. The summed E-state index contributed by atoms with van der Waals surface area (Å²) in [4.78, 5) is 6.24. The second kappa shape index (κ2) is 4.94. The fraction of sp³-hybridized carbons (Fsp3) is 0.429. The molecule has 1 rings (SSSR count). The number of aliphatic hydroxyl groups excluding tert-OH is 1. The molecule has 9 heteroatoms. The van der Waals surface area contributed by atoms with Gasteiger partial charge in [0.15, 0.2) is 0 Å². The van der Waals surface area contributed by atoms with Crippen molar-refractivity contribution in [1.82, 2.24) is 9.97 Å². The van der Waals surface area contributed by atoms with E-state index in [2.05, 4.69) is 9.97 Å². The molecule has 16 heavy (non-hydrogen) atoms. The number of nitrogen functional groups attached to an aromatic ring is 1. The largest absolute Gasteiger partial charge is 0.475 e. The van der Waals surface area contributed by atoms with Gasteiger partial charge in [0.1, 0.15) is 12.4 Å². The van der Waals surface area contributed by atoms with Gasteiger partial charge >= 0.3 is 6.18 Å². The van der Waals surface area contributed by atoms with E-state index in [0.717, 1.165) is 6.07 Å². The number of nitrogens with one attached hydrogen (secondary N) is 1. The molecule has 0 fully saturated rings. The van der Waals surface area contributed by atoms with Crippen LogP contribution in [0.25, 0.3) is 0 Å². The lowest BCUT2D eigenvalue weighted by molar-refractivity contribution is -0.145. The van der Waals surface area contributed by atoms with Crippen LogP contribution in [-0.4, -0.2) is 28.3 Å². The fourth-order valence-corrected chi connectivity index (χ4v) is 0.850. The topological polar surface area (TPSA) is 93.3 Å². The summed E-state index contributed by atoms with van der Waals surface area (Å²) in [7, 11) is 0. The zero-order valence-electron chi connectivity index (χ0n) is 7.95. The number of nitrogens with zero attached hydrogens (tertiary/aromatic N) is 2. The number of hydrogen-bond acceptors (Lipinski definition) is 6. The zero-order chi connectivity index (χ0) is 12.2. The van der Waals surface area contributed by atoms with Crippen molar-refractivity contribution >= 4 is 5.82 Å². The van der Waals surface area contributed by atoms with Crippen LogP contribution in [0.1, 0.15) is 5.82 Å². The second-order valence-electron chi connectivity index (χ2n) is 2.63. The van der Waals surface area contributed by atoms with E-state index in [9.17, 15) is 13.2 Å². The van der Waals surface area contributed by atoms with Crippen molar-refractivity contribution in [2.75, 3.05) is 18.6 Å². The second-order valence-corrected chi connectivity index (χ2v) is 2.63. The predicted octanol–water partition coefficient (Wildman–Crippen LogP) is 0.152. The van der Waals surface area contributed by atoms with Crippen molar-refractivity contribution in [3.63, 3.8) is 0 Å². The van der Waals surface area contributed by atoms with E-state index in [0.29, 0.717) is 0 Å². The number of anilines is 1. The van der Waals surface area contributed by atoms with E-state index in [1.54, 1.807) is 0 Å².